The van der Waals surface area contributed by atoms with E-state index in [9.17, 15) is 10.1 Å². The number of nitro benzene ring substituents is 1. The van der Waals surface area contributed by atoms with Gasteiger partial charge in [-0.3, -0.25) is 10.1 Å². The highest BCUT2D eigenvalue weighted by Crippen LogP contribution is 2.36. The number of hydrogen-bond acceptors (Lipinski definition) is 6. The lowest BCUT2D eigenvalue weighted by Crippen LogP contribution is -2.30. The van der Waals surface area contributed by atoms with Crippen molar-refractivity contribution < 1.29 is 19.1 Å². The minimum atomic E-state index is -0.392. The SMILES string of the molecule is COc1ccc2[nH]c3c(c2c1)CCNC3c1ccc(OC)c(COc2ccc([N+](=O)[O-])c(C)c2)c1. The van der Waals surface area contributed by atoms with Gasteiger partial charge in [0.25, 0.3) is 5.69 Å². The monoisotopic (exact) mass is 473 g/mol. The number of fused-ring (bicyclic) bond motifs is 3. The number of ether oxygens (including phenoxy) is 3. The van der Waals surface area contributed by atoms with Gasteiger partial charge in [-0.2, -0.15) is 0 Å². The molecule has 5 rings (SSSR count). The molecule has 0 radical (unpaired) electrons. The van der Waals surface area contributed by atoms with E-state index in [1.165, 1.54) is 17.0 Å². The quantitative estimate of drug-likeness (QED) is 0.282. The van der Waals surface area contributed by atoms with Crippen molar-refractivity contribution in [3.8, 4) is 17.2 Å². The molecular formula is C27H27N3O5. The van der Waals surface area contributed by atoms with Crippen molar-refractivity contribution in [2.75, 3.05) is 20.8 Å². The van der Waals surface area contributed by atoms with Crippen LogP contribution in [0.3, 0.4) is 0 Å². The van der Waals surface area contributed by atoms with Gasteiger partial charge in [-0.15, -0.1) is 0 Å². The van der Waals surface area contributed by atoms with Gasteiger partial charge in [-0.05, 0) is 66.9 Å². The number of nitro groups is 1. The number of benzene rings is 3. The van der Waals surface area contributed by atoms with Crippen molar-refractivity contribution >= 4 is 16.6 Å². The van der Waals surface area contributed by atoms with Crippen molar-refractivity contribution in [2.45, 2.75) is 26.0 Å². The Balaban J connectivity index is 1.45. The Kier molecular flexibility index (Phi) is 6.05. The number of aryl methyl sites for hydroxylation is 1. The Hall–Kier alpha value is -4.04. The molecular weight excluding hydrogens is 446 g/mol. The molecule has 8 nitrogen and oxygen atoms in total. The number of aromatic nitrogens is 1. The van der Waals surface area contributed by atoms with Crippen LogP contribution in [-0.2, 0) is 13.0 Å². The first-order valence-electron chi connectivity index (χ1n) is 11.4. The Morgan fingerprint density at radius 2 is 1.86 bits per heavy atom. The summed E-state index contributed by atoms with van der Waals surface area (Å²) in [6, 6.07) is 17.0. The average molecular weight is 474 g/mol. The molecule has 0 amide bonds. The third-order valence-corrected chi connectivity index (χ3v) is 6.56. The second-order valence-corrected chi connectivity index (χ2v) is 8.63. The normalized spacial score (nSPS) is 15.0. The first-order valence-corrected chi connectivity index (χ1v) is 11.4. The summed E-state index contributed by atoms with van der Waals surface area (Å²) < 4.78 is 17.0. The van der Waals surface area contributed by atoms with Crippen molar-refractivity contribution in [3.63, 3.8) is 0 Å². The van der Waals surface area contributed by atoms with E-state index < -0.39 is 4.92 Å². The molecule has 180 valence electrons. The summed E-state index contributed by atoms with van der Waals surface area (Å²) in [7, 11) is 3.32. The lowest BCUT2D eigenvalue weighted by Gasteiger charge is -2.25. The predicted molar refractivity (Wildman–Crippen MR) is 134 cm³/mol. The number of rotatable bonds is 7. The van der Waals surface area contributed by atoms with E-state index in [2.05, 4.69) is 34.6 Å². The van der Waals surface area contributed by atoms with E-state index in [-0.39, 0.29) is 18.3 Å². The molecule has 3 aromatic carbocycles. The second kappa shape index (κ2) is 9.31. The van der Waals surface area contributed by atoms with Gasteiger partial charge in [0, 0.05) is 40.3 Å². The molecule has 1 aromatic heterocycles. The van der Waals surface area contributed by atoms with Crippen LogP contribution in [0.25, 0.3) is 10.9 Å². The van der Waals surface area contributed by atoms with Crippen LogP contribution in [0.5, 0.6) is 17.2 Å². The van der Waals surface area contributed by atoms with Gasteiger partial charge in [-0.25, -0.2) is 0 Å². The molecule has 35 heavy (non-hydrogen) atoms. The van der Waals surface area contributed by atoms with Gasteiger partial charge >= 0.3 is 0 Å². The molecule has 4 aromatic rings. The molecule has 8 heteroatoms. The molecule has 1 atom stereocenters. The Bertz CT molecular complexity index is 1410. The van der Waals surface area contributed by atoms with Gasteiger partial charge in [0.05, 0.1) is 25.2 Å². The van der Waals surface area contributed by atoms with Crippen LogP contribution in [-0.4, -0.2) is 30.7 Å². The summed E-state index contributed by atoms with van der Waals surface area (Å²) in [4.78, 5) is 14.3. The maximum Gasteiger partial charge on any atom is 0.272 e. The van der Waals surface area contributed by atoms with Crippen LogP contribution < -0.4 is 19.5 Å². The number of nitrogens with zero attached hydrogens (tertiary/aromatic N) is 1. The highest BCUT2D eigenvalue weighted by molar-refractivity contribution is 5.86. The lowest BCUT2D eigenvalue weighted by molar-refractivity contribution is -0.385. The summed E-state index contributed by atoms with van der Waals surface area (Å²) >= 11 is 0. The first-order chi connectivity index (χ1) is 17.0. The fraction of sp³-hybridized carbons (Fsp3) is 0.259. The molecule has 1 aliphatic rings. The van der Waals surface area contributed by atoms with Gasteiger partial charge in [0.2, 0.25) is 0 Å². The predicted octanol–water partition coefficient (Wildman–Crippen LogP) is 5.22. The largest absolute Gasteiger partial charge is 0.497 e. The van der Waals surface area contributed by atoms with Gasteiger partial charge < -0.3 is 24.5 Å². The molecule has 2 heterocycles. The topological polar surface area (TPSA) is 98.7 Å². The number of aromatic amines is 1. The third-order valence-electron chi connectivity index (χ3n) is 6.56. The van der Waals surface area contributed by atoms with Gasteiger partial charge in [0.1, 0.15) is 23.9 Å². The van der Waals surface area contributed by atoms with Crippen molar-refractivity contribution in [2.24, 2.45) is 0 Å². The standard InChI is InChI=1S/C27H27N3O5/c1-16-12-20(6-8-24(16)30(31)32)35-15-18-13-17(4-9-25(18)34-3)26-27-21(10-11-28-26)22-14-19(33-2)5-7-23(22)29-27/h4-9,12-14,26,28-29H,10-11,15H2,1-3H3. The minimum Gasteiger partial charge on any atom is -0.497 e. The van der Waals surface area contributed by atoms with E-state index in [1.54, 1.807) is 33.3 Å². The summed E-state index contributed by atoms with van der Waals surface area (Å²) in [5.41, 5.74) is 6.18. The molecule has 0 bridgehead atoms. The summed E-state index contributed by atoms with van der Waals surface area (Å²) in [5, 5.41) is 15.9. The molecule has 0 spiro atoms. The maximum atomic E-state index is 11.1. The Morgan fingerprint density at radius 1 is 1.03 bits per heavy atom. The van der Waals surface area contributed by atoms with Crippen molar-refractivity contribution in [1.82, 2.24) is 10.3 Å². The average Bonchev–Trinajstić information content (AvgIpc) is 3.25. The zero-order chi connectivity index (χ0) is 24.5. The van der Waals surface area contributed by atoms with Gasteiger partial charge in [0.15, 0.2) is 0 Å². The third kappa shape index (κ3) is 4.28. The zero-order valence-corrected chi connectivity index (χ0v) is 19.9. The summed E-state index contributed by atoms with van der Waals surface area (Å²) in [5.74, 6) is 2.15. The van der Waals surface area contributed by atoms with Crippen LogP contribution in [0, 0.1) is 17.0 Å². The number of methoxy groups -OCH3 is 2. The van der Waals surface area contributed by atoms with E-state index >= 15 is 0 Å². The first kappa shape index (κ1) is 22.7. The highest BCUT2D eigenvalue weighted by atomic mass is 16.6. The molecule has 0 fully saturated rings. The Labute approximate surface area is 203 Å². The number of hydrogen-bond donors (Lipinski definition) is 2. The minimum absolute atomic E-state index is 0.00317. The molecule has 0 saturated heterocycles. The Morgan fingerprint density at radius 3 is 2.60 bits per heavy atom. The van der Waals surface area contributed by atoms with Crippen molar-refractivity contribution in [3.05, 3.63) is 92.7 Å². The van der Waals surface area contributed by atoms with E-state index in [1.807, 2.05) is 12.1 Å². The lowest BCUT2D eigenvalue weighted by atomic mass is 9.93. The summed E-state index contributed by atoms with van der Waals surface area (Å²) in [6.07, 6.45) is 0.935. The fourth-order valence-electron chi connectivity index (χ4n) is 4.79. The van der Waals surface area contributed by atoms with Crippen LogP contribution in [0.1, 0.15) is 34.0 Å². The van der Waals surface area contributed by atoms with E-state index in [4.69, 9.17) is 14.2 Å². The molecule has 1 unspecified atom stereocenters. The van der Waals surface area contributed by atoms with Crippen molar-refractivity contribution in [1.29, 1.82) is 0 Å². The molecule has 0 saturated carbocycles. The molecule has 1 aliphatic heterocycles. The van der Waals surface area contributed by atoms with Crippen LogP contribution in [0.15, 0.2) is 54.6 Å². The second-order valence-electron chi connectivity index (χ2n) is 8.63. The zero-order valence-electron chi connectivity index (χ0n) is 19.9. The van der Waals surface area contributed by atoms with Crippen LogP contribution >= 0.6 is 0 Å². The maximum absolute atomic E-state index is 11.1. The van der Waals surface area contributed by atoms with E-state index in [0.29, 0.717) is 11.3 Å². The smallest absolute Gasteiger partial charge is 0.272 e. The number of H-pyrrole nitrogens is 1. The summed E-state index contributed by atoms with van der Waals surface area (Å²) in [6.45, 7) is 2.84. The van der Waals surface area contributed by atoms with Crippen LogP contribution in [0.2, 0.25) is 0 Å². The molecule has 0 aliphatic carbocycles. The van der Waals surface area contributed by atoms with Crippen LogP contribution in [0.4, 0.5) is 5.69 Å². The highest BCUT2D eigenvalue weighted by Gasteiger charge is 2.26. The van der Waals surface area contributed by atoms with Gasteiger partial charge in [-0.1, -0.05) is 6.07 Å². The van der Waals surface area contributed by atoms with E-state index in [0.717, 1.165) is 46.8 Å². The fourth-order valence-corrected chi connectivity index (χ4v) is 4.79. The molecule has 2 N–H and O–H groups in total. The number of nitrogens with one attached hydrogen (secondary N) is 2.